The second-order valence-corrected chi connectivity index (χ2v) is 12.8. The van der Waals surface area contributed by atoms with Crippen molar-refractivity contribution in [3.63, 3.8) is 0 Å². The van der Waals surface area contributed by atoms with Crippen LogP contribution < -0.4 is 10.6 Å². The van der Waals surface area contributed by atoms with Crippen molar-refractivity contribution in [1.82, 2.24) is 0 Å². The summed E-state index contributed by atoms with van der Waals surface area (Å²) < 4.78 is 0. The number of hydrogen-bond donors (Lipinski definition) is 2. The van der Waals surface area contributed by atoms with Gasteiger partial charge in [0, 0.05) is 6.54 Å². The maximum absolute atomic E-state index is 4.54. The van der Waals surface area contributed by atoms with Crippen molar-refractivity contribution in [2.24, 2.45) is 0 Å². The molecule has 0 radical (unpaired) electrons. The van der Waals surface area contributed by atoms with Crippen molar-refractivity contribution < 1.29 is 0 Å². The molecule has 5 aliphatic rings. The maximum atomic E-state index is 4.54. The molecule has 0 amide bonds. The zero-order valence-corrected chi connectivity index (χ0v) is 26.5. The molecule has 2 aliphatic heterocycles. The minimum absolute atomic E-state index is 0.0653. The Hall–Kier alpha value is -5.08. The van der Waals surface area contributed by atoms with Gasteiger partial charge in [-0.1, -0.05) is 146 Å². The Morgan fingerprint density at radius 3 is 2.59 bits per heavy atom. The van der Waals surface area contributed by atoms with Gasteiger partial charge in [0.15, 0.2) is 0 Å². The summed E-state index contributed by atoms with van der Waals surface area (Å²) in [6, 6.07) is 22.6. The molecule has 2 heteroatoms. The smallest absolute Gasteiger partial charge is 0.0704 e. The Morgan fingerprint density at radius 2 is 1.70 bits per heavy atom. The van der Waals surface area contributed by atoms with E-state index in [4.69, 9.17) is 0 Å². The van der Waals surface area contributed by atoms with Gasteiger partial charge < -0.3 is 10.6 Å². The number of hydrogen-bond acceptors (Lipinski definition) is 2. The topological polar surface area (TPSA) is 24.1 Å². The van der Waals surface area contributed by atoms with Gasteiger partial charge in [0.2, 0.25) is 0 Å². The minimum Gasteiger partial charge on any atom is -0.379 e. The number of fused-ring (bicyclic) bond motifs is 8. The fraction of sp³-hybridized carbons (Fsp3) is 0.182. The first-order valence-corrected chi connectivity index (χ1v) is 16.7. The average molecular weight is 597 g/mol. The summed E-state index contributed by atoms with van der Waals surface area (Å²) in [7, 11) is 0. The molecule has 3 aromatic carbocycles. The summed E-state index contributed by atoms with van der Waals surface area (Å²) in [5, 5.41) is 7.59. The van der Waals surface area contributed by atoms with Gasteiger partial charge in [0.25, 0.3) is 0 Å². The highest BCUT2D eigenvalue weighted by Gasteiger charge is 2.43. The molecule has 1 spiro atoms. The Labute approximate surface area is 273 Å². The summed E-state index contributed by atoms with van der Waals surface area (Å²) >= 11 is 0. The van der Waals surface area contributed by atoms with E-state index >= 15 is 0 Å². The predicted octanol–water partition coefficient (Wildman–Crippen LogP) is 10.5. The molecule has 226 valence electrons. The first-order valence-electron chi connectivity index (χ1n) is 16.7. The summed E-state index contributed by atoms with van der Waals surface area (Å²) in [6.45, 7) is 7.49. The first-order chi connectivity index (χ1) is 22.7. The molecule has 0 bridgehead atoms. The molecule has 3 aliphatic carbocycles. The highest BCUT2D eigenvalue weighted by molar-refractivity contribution is 5.90. The van der Waals surface area contributed by atoms with Crippen molar-refractivity contribution in [3.8, 4) is 0 Å². The maximum Gasteiger partial charge on any atom is 0.0704 e. The van der Waals surface area contributed by atoms with Crippen molar-refractivity contribution in [3.05, 3.63) is 184 Å². The minimum atomic E-state index is -0.398. The Kier molecular flexibility index (Phi) is 7.22. The van der Waals surface area contributed by atoms with E-state index in [0.29, 0.717) is 0 Å². The van der Waals surface area contributed by atoms with Crippen molar-refractivity contribution in [2.75, 3.05) is 17.2 Å². The number of allylic oxidation sites excluding steroid dienone is 11. The van der Waals surface area contributed by atoms with Crippen LogP contribution in [-0.4, -0.2) is 12.6 Å². The fourth-order valence-corrected chi connectivity index (χ4v) is 8.10. The molecule has 0 aromatic heterocycles. The lowest BCUT2D eigenvalue weighted by molar-refractivity contribution is 0.682. The Balaban J connectivity index is 1.30. The lowest BCUT2D eigenvalue weighted by Gasteiger charge is -2.43. The third kappa shape index (κ3) is 4.63. The standard InChI is InChI=1S/C44H40N2/c1-3-4-16-37(41-25-24-32-21-20-31-15-12-27-45-42(31)43(32)46-41)33-22-23-35-28-34-14-7-9-18-38(34)44(40(35)29-33)26-11-5-6-13-30(2)36-17-8-10-19-39(36)44/h3-4,6-21,24-26,29,41,45-46H,2,5,22-23,27-28H2,1H3/b4-3-,13-6-,26-11?,37-16+. The van der Waals surface area contributed by atoms with Gasteiger partial charge in [0.1, 0.15) is 0 Å². The third-order valence-corrected chi connectivity index (χ3v) is 10.2. The zero-order chi connectivity index (χ0) is 31.1. The van der Waals surface area contributed by atoms with Gasteiger partial charge >= 0.3 is 0 Å². The number of anilines is 2. The van der Waals surface area contributed by atoms with E-state index in [1.165, 1.54) is 61.5 Å². The second-order valence-electron chi connectivity index (χ2n) is 12.8. The third-order valence-electron chi connectivity index (χ3n) is 10.2. The van der Waals surface area contributed by atoms with Gasteiger partial charge in [0.05, 0.1) is 22.8 Å². The highest BCUT2D eigenvalue weighted by atomic mass is 15.0. The largest absolute Gasteiger partial charge is 0.379 e. The molecule has 8 rings (SSSR count). The van der Waals surface area contributed by atoms with Crippen LogP contribution in [0.1, 0.15) is 59.6 Å². The van der Waals surface area contributed by atoms with Crippen LogP contribution in [0.15, 0.2) is 150 Å². The van der Waals surface area contributed by atoms with Crippen LogP contribution in [0.25, 0.3) is 17.7 Å². The van der Waals surface area contributed by atoms with Gasteiger partial charge in [-0.3, -0.25) is 0 Å². The van der Waals surface area contributed by atoms with Crippen LogP contribution >= 0.6 is 0 Å². The van der Waals surface area contributed by atoms with Crippen LogP contribution in [0.5, 0.6) is 0 Å². The number of nitrogens with one attached hydrogen (secondary N) is 2. The molecule has 0 fully saturated rings. The lowest BCUT2D eigenvalue weighted by atomic mass is 9.59. The summed E-state index contributed by atoms with van der Waals surface area (Å²) in [6.07, 6.45) is 31.5. The van der Waals surface area contributed by atoms with Gasteiger partial charge in [-0.2, -0.15) is 0 Å². The van der Waals surface area contributed by atoms with Gasteiger partial charge in [-0.05, 0) is 88.3 Å². The van der Waals surface area contributed by atoms with Gasteiger partial charge in [-0.15, -0.1) is 0 Å². The molecular weight excluding hydrogens is 556 g/mol. The summed E-state index contributed by atoms with van der Waals surface area (Å²) in [4.78, 5) is 0. The molecule has 2 nitrogen and oxygen atoms in total. The highest BCUT2D eigenvalue weighted by Crippen LogP contribution is 2.53. The number of rotatable bonds is 3. The lowest BCUT2D eigenvalue weighted by Crippen LogP contribution is -2.35. The molecule has 2 atom stereocenters. The molecule has 2 heterocycles. The molecule has 2 N–H and O–H groups in total. The SMILES string of the molecule is C=C1/C=C\CC=CC2(C3=C(CCC(/C(=C\C=C/C)C4C=Cc5ccc6c(c5N4)NCC=C6)=C3)Cc3ccccc32)c2ccccc21. The summed E-state index contributed by atoms with van der Waals surface area (Å²) in [5.41, 5.74) is 16.6. The molecule has 46 heavy (non-hydrogen) atoms. The van der Waals surface area contributed by atoms with Crippen LogP contribution in [0.4, 0.5) is 11.4 Å². The van der Waals surface area contributed by atoms with Crippen LogP contribution in [0.2, 0.25) is 0 Å². The van der Waals surface area contributed by atoms with Crippen LogP contribution in [0, 0.1) is 0 Å². The van der Waals surface area contributed by atoms with Crippen molar-refractivity contribution >= 4 is 29.1 Å². The normalized spacial score (nSPS) is 23.6. The quantitative estimate of drug-likeness (QED) is 0.232. The van der Waals surface area contributed by atoms with E-state index < -0.39 is 5.41 Å². The van der Waals surface area contributed by atoms with Crippen molar-refractivity contribution in [1.29, 1.82) is 0 Å². The van der Waals surface area contributed by atoms with Crippen LogP contribution in [0.3, 0.4) is 0 Å². The Bertz CT molecular complexity index is 2000. The fourth-order valence-electron chi connectivity index (χ4n) is 8.10. The van der Waals surface area contributed by atoms with Gasteiger partial charge in [-0.25, -0.2) is 0 Å². The Morgan fingerprint density at radius 1 is 0.870 bits per heavy atom. The monoisotopic (exact) mass is 596 g/mol. The van der Waals surface area contributed by atoms with E-state index in [9.17, 15) is 0 Å². The molecular formula is C44H40N2. The average Bonchev–Trinajstić information content (AvgIpc) is 3.17. The van der Waals surface area contributed by atoms with E-state index in [2.05, 4.69) is 158 Å². The summed E-state index contributed by atoms with van der Waals surface area (Å²) in [5.74, 6) is 0. The number of benzene rings is 3. The van der Waals surface area contributed by atoms with Crippen molar-refractivity contribution in [2.45, 2.75) is 44.1 Å². The predicted molar refractivity (Wildman–Crippen MR) is 197 cm³/mol. The zero-order valence-electron chi connectivity index (χ0n) is 26.5. The van der Waals surface area contributed by atoms with E-state index in [0.717, 1.165) is 37.8 Å². The van der Waals surface area contributed by atoms with E-state index in [1.807, 2.05) is 0 Å². The first kappa shape index (κ1) is 28.4. The molecule has 0 saturated carbocycles. The van der Waals surface area contributed by atoms with Crippen LogP contribution in [-0.2, 0) is 11.8 Å². The molecule has 0 saturated heterocycles. The molecule has 2 unspecified atom stereocenters. The second kappa shape index (κ2) is 11.7. The molecule has 3 aromatic rings. The van der Waals surface area contributed by atoms with E-state index in [1.54, 1.807) is 5.57 Å². The van der Waals surface area contributed by atoms with E-state index in [-0.39, 0.29) is 6.04 Å².